The van der Waals surface area contributed by atoms with Gasteiger partial charge < -0.3 is 11.1 Å². The Kier molecular flexibility index (Phi) is 4.31. The third kappa shape index (κ3) is 3.55. The van der Waals surface area contributed by atoms with Crippen LogP contribution in [-0.2, 0) is 4.79 Å². The van der Waals surface area contributed by atoms with Gasteiger partial charge in [0.25, 0.3) is 0 Å². The molecule has 0 saturated carbocycles. The summed E-state index contributed by atoms with van der Waals surface area (Å²) in [5, 5.41) is 2.79. The van der Waals surface area contributed by atoms with Crippen molar-refractivity contribution >= 4 is 17.3 Å². The molecule has 0 fully saturated rings. The molecule has 4 nitrogen and oxygen atoms in total. The smallest absolute Gasteiger partial charge is 0.238 e. The second kappa shape index (κ2) is 5.51. The largest absolute Gasteiger partial charge is 0.397 e. The first-order chi connectivity index (χ1) is 7.50. The molecule has 1 rings (SSSR count). The lowest BCUT2D eigenvalue weighted by Crippen LogP contribution is -2.34. The first kappa shape index (κ1) is 12.5. The molecule has 0 aliphatic carbocycles. The first-order valence-electron chi connectivity index (χ1n) is 5.35. The van der Waals surface area contributed by atoms with E-state index in [1.165, 1.54) is 0 Å². The Morgan fingerprint density at radius 3 is 2.62 bits per heavy atom. The molecule has 4 heteroatoms. The molecule has 3 N–H and O–H groups in total. The number of hydrogen-bond acceptors (Lipinski definition) is 3. The van der Waals surface area contributed by atoms with Crippen molar-refractivity contribution in [3.05, 3.63) is 24.3 Å². The lowest BCUT2D eigenvalue weighted by atomic mass is 10.2. The SMILES string of the molecule is CC(C)N(C)CC(=O)Nc1ccccc1N. The van der Waals surface area contributed by atoms with E-state index in [0.29, 0.717) is 24.0 Å². The lowest BCUT2D eigenvalue weighted by molar-refractivity contribution is -0.117. The summed E-state index contributed by atoms with van der Waals surface area (Å²) in [6.45, 7) is 4.46. The topological polar surface area (TPSA) is 58.4 Å². The number of likely N-dealkylation sites (N-methyl/N-ethyl adjacent to an activating group) is 1. The Bertz CT molecular complexity index is 363. The fraction of sp³-hybridized carbons (Fsp3) is 0.417. The van der Waals surface area contributed by atoms with Crippen molar-refractivity contribution in [1.29, 1.82) is 0 Å². The Morgan fingerprint density at radius 2 is 2.06 bits per heavy atom. The van der Waals surface area contributed by atoms with Gasteiger partial charge in [-0.3, -0.25) is 9.69 Å². The third-order valence-electron chi connectivity index (χ3n) is 2.51. The van der Waals surface area contributed by atoms with Gasteiger partial charge in [0, 0.05) is 6.04 Å². The van der Waals surface area contributed by atoms with Gasteiger partial charge in [0.2, 0.25) is 5.91 Å². The second-order valence-corrected chi connectivity index (χ2v) is 4.14. The van der Waals surface area contributed by atoms with Crippen molar-refractivity contribution in [3.8, 4) is 0 Å². The van der Waals surface area contributed by atoms with Crippen LogP contribution in [0.2, 0.25) is 0 Å². The zero-order valence-corrected chi connectivity index (χ0v) is 10.0. The monoisotopic (exact) mass is 221 g/mol. The van der Waals surface area contributed by atoms with Crippen molar-refractivity contribution in [2.45, 2.75) is 19.9 Å². The van der Waals surface area contributed by atoms with Crippen LogP contribution in [-0.4, -0.2) is 30.4 Å². The molecular weight excluding hydrogens is 202 g/mol. The molecule has 0 aliphatic heterocycles. The number of anilines is 2. The summed E-state index contributed by atoms with van der Waals surface area (Å²) >= 11 is 0. The molecule has 1 amide bonds. The highest BCUT2D eigenvalue weighted by Crippen LogP contribution is 2.16. The molecule has 0 heterocycles. The molecule has 0 aromatic heterocycles. The second-order valence-electron chi connectivity index (χ2n) is 4.14. The number of nitrogens with two attached hydrogens (primary N) is 1. The van der Waals surface area contributed by atoms with Gasteiger partial charge in [-0.25, -0.2) is 0 Å². The van der Waals surface area contributed by atoms with Crippen LogP contribution in [0.1, 0.15) is 13.8 Å². The van der Waals surface area contributed by atoms with E-state index in [9.17, 15) is 4.79 Å². The maximum atomic E-state index is 11.7. The van der Waals surface area contributed by atoms with Gasteiger partial charge in [-0.1, -0.05) is 12.1 Å². The van der Waals surface area contributed by atoms with Gasteiger partial charge in [-0.05, 0) is 33.0 Å². The fourth-order valence-corrected chi connectivity index (χ4v) is 1.21. The van der Waals surface area contributed by atoms with Crippen LogP contribution in [0.5, 0.6) is 0 Å². The number of carbonyl (C=O) groups is 1. The van der Waals surface area contributed by atoms with E-state index in [-0.39, 0.29) is 5.91 Å². The highest BCUT2D eigenvalue weighted by molar-refractivity contribution is 5.95. The van der Waals surface area contributed by atoms with Crippen molar-refractivity contribution in [2.75, 3.05) is 24.6 Å². The summed E-state index contributed by atoms with van der Waals surface area (Å²) in [6, 6.07) is 7.59. The van der Waals surface area contributed by atoms with E-state index in [1.54, 1.807) is 12.1 Å². The molecule has 0 spiro atoms. The van der Waals surface area contributed by atoms with Crippen molar-refractivity contribution in [3.63, 3.8) is 0 Å². The summed E-state index contributed by atoms with van der Waals surface area (Å²) in [5.74, 6) is -0.0471. The molecule has 1 aromatic carbocycles. The summed E-state index contributed by atoms with van der Waals surface area (Å²) < 4.78 is 0. The van der Waals surface area contributed by atoms with Gasteiger partial charge in [0.1, 0.15) is 0 Å². The number of benzene rings is 1. The molecule has 0 aliphatic rings. The van der Waals surface area contributed by atoms with Gasteiger partial charge in [-0.15, -0.1) is 0 Å². The molecular formula is C12H19N3O. The summed E-state index contributed by atoms with van der Waals surface area (Å²) in [6.07, 6.45) is 0. The van der Waals surface area contributed by atoms with Crippen molar-refractivity contribution in [1.82, 2.24) is 4.90 Å². The van der Waals surface area contributed by atoms with Crippen LogP contribution in [0.4, 0.5) is 11.4 Å². The first-order valence-corrected chi connectivity index (χ1v) is 5.35. The van der Waals surface area contributed by atoms with Crippen LogP contribution in [0.15, 0.2) is 24.3 Å². The number of amides is 1. The van der Waals surface area contributed by atoms with E-state index < -0.39 is 0 Å². The number of para-hydroxylation sites is 2. The summed E-state index contributed by atoms with van der Waals surface area (Å²) in [4.78, 5) is 13.6. The van der Waals surface area contributed by atoms with Crippen LogP contribution in [0.3, 0.4) is 0 Å². The van der Waals surface area contributed by atoms with Gasteiger partial charge in [-0.2, -0.15) is 0 Å². The maximum absolute atomic E-state index is 11.7. The molecule has 0 atom stereocenters. The van der Waals surface area contributed by atoms with Crippen molar-refractivity contribution in [2.24, 2.45) is 0 Å². The van der Waals surface area contributed by atoms with E-state index in [4.69, 9.17) is 5.73 Å². The van der Waals surface area contributed by atoms with E-state index in [1.807, 2.05) is 37.9 Å². The van der Waals surface area contributed by atoms with Crippen LogP contribution in [0, 0.1) is 0 Å². The van der Waals surface area contributed by atoms with E-state index >= 15 is 0 Å². The van der Waals surface area contributed by atoms with Crippen LogP contribution < -0.4 is 11.1 Å². The highest BCUT2D eigenvalue weighted by Gasteiger charge is 2.10. The summed E-state index contributed by atoms with van der Waals surface area (Å²) in [7, 11) is 1.92. The lowest BCUT2D eigenvalue weighted by Gasteiger charge is -2.20. The average Bonchev–Trinajstić information content (AvgIpc) is 2.21. The Labute approximate surface area is 96.4 Å². The van der Waals surface area contributed by atoms with Gasteiger partial charge in [0.15, 0.2) is 0 Å². The van der Waals surface area contributed by atoms with E-state index in [2.05, 4.69) is 5.32 Å². The number of carbonyl (C=O) groups excluding carboxylic acids is 1. The predicted molar refractivity (Wildman–Crippen MR) is 67.3 cm³/mol. The number of rotatable bonds is 4. The Balaban J connectivity index is 2.55. The number of nitrogens with zero attached hydrogens (tertiary/aromatic N) is 1. The third-order valence-corrected chi connectivity index (χ3v) is 2.51. The number of nitrogens with one attached hydrogen (secondary N) is 1. The summed E-state index contributed by atoms with van der Waals surface area (Å²) in [5.41, 5.74) is 6.99. The molecule has 0 unspecified atom stereocenters. The maximum Gasteiger partial charge on any atom is 0.238 e. The average molecular weight is 221 g/mol. The predicted octanol–water partition coefficient (Wildman–Crippen LogP) is 1.55. The minimum atomic E-state index is -0.0471. The molecule has 1 aromatic rings. The molecule has 0 bridgehead atoms. The highest BCUT2D eigenvalue weighted by atomic mass is 16.2. The fourth-order valence-electron chi connectivity index (χ4n) is 1.21. The van der Waals surface area contributed by atoms with E-state index in [0.717, 1.165) is 0 Å². The van der Waals surface area contributed by atoms with Crippen LogP contribution >= 0.6 is 0 Å². The number of hydrogen-bond donors (Lipinski definition) is 2. The molecule has 0 radical (unpaired) electrons. The van der Waals surface area contributed by atoms with Crippen LogP contribution in [0.25, 0.3) is 0 Å². The van der Waals surface area contributed by atoms with Gasteiger partial charge >= 0.3 is 0 Å². The van der Waals surface area contributed by atoms with Crippen molar-refractivity contribution < 1.29 is 4.79 Å². The Morgan fingerprint density at radius 1 is 1.44 bits per heavy atom. The van der Waals surface area contributed by atoms with Gasteiger partial charge in [0.05, 0.1) is 17.9 Å². The molecule has 88 valence electrons. The normalized spacial score (nSPS) is 10.8. The molecule has 0 saturated heterocycles. The minimum absolute atomic E-state index is 0.0471. The Hall–Kier alpha value is -1.55. The zero-order valence-electron chi connectivity index (χ0n) is 10.0. The number of nitrogen functional groups attached to an aromatic ring is 1. The zero-order chi connectivity index (χ0) is 12.1. The minimum Gasteiger partial charge on any atom is -0.397 e. The quantitative estimate of drug-likeness (QED) is 0.758. The standard InChI is InChI=1S/C12H19N3O/c1-9(2)15(3)8-12(16)14-11-7-5-4-6-10(11)13/h4-7,9H,8,13H2,1-3H3,(H,14,16). The molecule has 16 heavy (non-hydrogen) atoms.